The van der Waals surface area contributed by atoms with Crippen molar-refractivity contribution in [1.29, 1.82) is 0 Å². The van der Waals surface area contributed by atoms with Gasteiger partial charge in [-0.2, -0.15) is 0 Å². The van der Waals surface area contributed by atoms with Crippen LogP contribution in [0.3, 0.4) is 0 Å². The largest absolute Gasteiger partial charge is 0.456 e. The molecule has 5 aromatic heterocycles. The van der Waals surface area contributed by atoms with Gasteiger partial charge in [0.2, 0.25) is 0 Å². The summed E-state index contributed by atoms with van der Waals surface area (Å²) in [7, 11) is 0. The van der Waals surface area contributed by atoms with Crippen LogP contribution in [0.1, 0.15) is 0 Å². The molecule has 0 N–H and O–H groups in total. The van der Waals surface area contributed by atoms with Gasteiger partial charge in [-0.3, -0.25) is 0 Å². The summed E-state index contributed by atoms with van der Waals surface area (Å²) in [6, 6.07) is 79.7. The van der Waals surface area contributed by atoms with Gasteiger partial charge >= 0.3 is 0 Å². The van der Waals surface area contributed by atoms with Crippen LogP contribution in [0.2, 0.25) is 0 Å². The van der Waals surface area contributed by atoms with Crippen molar-refractivity contribution in [2.75, 3.05) is 0 Å². The Bertz CT molecular complexity index is 4460. The van der Waals surface area contributed by atoms with Gasteiger partial charge in [0.25, 0.3) is 0 Å². The maximum Gasteiger partial charge on any atom is 0.135 e. The zero-order valence-corrected chi connectivity index (χ0v) is 35.0. The fourth-order valence-corrected chi connectivity index (χ4v) is 11.2. The fraction of sp³-hybridized carbons (Fsp3) is 0. The van der Waals surface area contributed by atoms with E-state index in [1.54, 1.807) is 0 Å². The molecule has 10 aromatic carbocycles. The highest BCUT2D eigenvalue weighted by Crippen LogP contribution is 2.44. The summed E-state index contributed by atoms with van der Waals surface area (Å²) >= 11 is 0. The summed E-state index contributed by atoms with van der Waals surface area (Å²) in [6.45, 7) is 0. The molecule has 15 rings (SSSR count). The molecule has 0 fully saturated rings. The van der Waals surface area contributed by atoms with E-state index in [1.807, 2.05) is 12.1 Å². The van der Waals surface area contributed by atoms with Crippen LogP contribution < -0.4 is 0 Å². The third-order valence-corrected chi connectivity index (χ3v) is 13.9. The van der Waals surface area contributed by atoms with E-state index in [0.717, 1.165) is 50.2 Å². The number of nitrogens with zero attached hydrogens (tertiary/aromatic N) is 4. The molecule has 0 aliphatic rings. The van der Waals surface area contributed by atoms with Crippen molar-refractivity contribution < 1.29 is 4.42 Å². The SMILES string of the molecule is c1ccc(-n2c3ccccc3c3cc4c(cc32)c2cc3c(cc2n4-c2ccccc2)c2ccccc2n3-c2ccc3c(c2)c2ccccc2n3-c2ccc3oc4ccccc4c3c2)cc1. The topological polar surface area (TPSA) is 32.9 Å². The minimum atomic E-state index is 0.897. The number of benzene rings is 10. The standard InChI is InChI=1S/C60H36N4O/c1-3-15-37(16-4-1)61-51-23-11-8-20-42(51)46-33-57-48(35-55(46)61)49-36-56-47(34-58(49)62(57)38-17-5-2-6-18-38)43-21-9-13-25-53(43)64(56)39-27-29-54-45(31-39)41-19-7-12-24-52(41)63(54)40-28-30-60-50(32-40)44-22-10-14-26-59(44)65-60/h1-36H. The zero-order valence-electron chi connectivity index (χ0n) is 35.0. The second kappa shape index (κ2) is 12.9. The van der Waals surface area contributed by atoms with Gasteiger partial charge < -0.3 is 22.7 Å². The highest BCUT2D eigenvalue weighted by molar-refractivity contribution is 6.23. The van der Waals surface area contributed by atoms with Gasteiger partial charge in [-0.1, -0.05) is 109 Å². The molecular formula is C60H36N4O. The van der Waals surface area contributed by atoms with Crippen LogP contribution >= 0.6 is 0 Å². The van der Waals surface area contributed by atoms with Crippen LogP contribution in [0.5, 0.6) is 0 Å². The van der Waals surface area contributed by atoms with Gasteiger partial charge in [0.1, 0.15) is 11.2 Å². The van der Waals surface area contributed by atoms with E-state index in [2.05, 4.69) is 225 Å². The van der Waals surface area contributed by atoms with Gasteiger partial charge in [-0.05, 0) is 109 Å². The summed E-state index contributed by atoms with van der Waals surface area (Å²) in [5.74, 6) is 0. The van der Waals surface area contributed by atoms with Gasteiger partial charge in [0.15, 0.2) is 0 Å². The average molecular weight is 829 g/mol. The summed E-state index contributed by atoms with van der Waals surface area (Å²) in [6.07, 6.45) is 0. The summed E-state index contributed by atoms with van der Waals surface area (Å²) in [5.41, 5.74) is 15.8. The predicted octanol–water partition coefficient (Wildman–Crippen LogP) is 16.0. The molecule has 0 aliphatic heterocycles. The van der Waals surface area contributed by atoms with Crippen LogP contribution in [0.4, 0.5) is 0 Å². The number of aromatic nitrogens is 4. The molecule has 5 nitrogen and oxygen atoms in total. The Kier molecular flexibility index (Phi) is 6.89. The number of hydrogen-bond donors (Lipinski definition) is 0. The lowest BCUT2D eigenvalue weighted by atomic mass is 10.1. The van der Waals surface area contributed by atoms with Gasteiger partial charge in [0.05, 0.1) is 44.1 Å². The molecule has 0 bridgehead atoms. The summed E-state index contributed by atoms with van der Waals surface area (Å²) < 4.78 is 16.0. The number of hydrogen-bond acceptors (Lipinski definition) is 1. The first kappa shape index (κ1) is 34.7. The smallest absolute Gasteiger partial charge is 0.135 e. The Morgan fingerprint density at radius 2 is 0.538 bits per heavy atom. The molecule has 0 radical (unpaired) electrons. The lowest BCUT2D eigenvalue weighted by molar-refractivity contribution is 0.669. The molecule has 0 saturated heterocycles. The normalized spacial score (nSPS) is 12.3. The van der Waals surface area contributed by atoms with Crippen molar-refractivity contribution in [2.24, 2.45) is 0 Å². The summed E-state index contributed by atoms with van der Waals surface area (Å²) in [5, 5.41) is 12.0. The van der Waals surface area contributed by atoms with Crippen LogP contribution in [0.25, 0.3) is 132 Å². The highest BCUT2D eigenvalue weighted by atomic mass is 16.3. The average Bonchev–Trinajstić information content (AvgIpc) is 4.15. The molecule has 0 spiro atoms. The van der Waals surface area contributed by atoms with E-state index in [0.29, 0.717) is 0 Å². The van der Waals surface area contributed by atoms with Crippen LogP contribution in [0, 0.1) is 0 Å². The quantitative estimate of drug-likeness (QED) is 0.174. The van der Waals surface area contributed by atoms with E-state index in [4.69, 9.17) is 4.42 Å². The second-order valence-electron chi connectivity index (χ2n) is 17.3. The van der Waals surface area contributed by atoms with Crippen LogP contribution in [0.15, 0.2) is 223 Å². The minimum Gasteiger partial charge on any atom is -0.456 e. The Morgan fingerprint density at radius 1 is 0.200 bits per heavy atom. The van der Waals surface area contributed by atoms with Crippen LogP contribution in [-0.2, 0) is 0 Å². The monoisotopic (exact) mass is 828 g/mol. The molecule has 5 heterocycles. The highest BCUT2D eigenvalue weighted by Gasteiger charge is 2.22. The number of fused-ring (bicyclic) bond motifs is 15. The van der Waals surface area contributed by atoms with Crippen LogP contribution in [-0.4, -0.2) is 18.3 Å². The van der Waals surface area contributed by atoms with Gasteiger partial charge in [-0.25, -0.2) is 0 Å². The predicted molar refractivity (Wildman–Crippen MR) is 271 cm³/mol. The maximum atomic E-state index is 6.24. The van der Waals surface area contributed by atoms with Crippen molar-refractivity contribution in [3.63, 3.8) is 0 Å². The fourth-order valence-electron chi connectivity index (χ4n) is 11.2. The molecule has 65 heavy (non-hydrogen) atoms. The molecule has 0 amide bonds. The molecule has 0 saturated carbocycles. The Balaban J connectivity index is 1.02. The van der Waals surface area contributed by atoms with E-state index < -0.39 is 0 Å². The third-order valence-electron chi connectivity index (χ3n) is 13.9. The van der Waals surface area contributed by atoms with Gasteiger partial charge in [-0.15, -0.1) is 0 Å². The Morgan fingerprint density at radius 3 is 1.08 bits per heavy atom. The zero-order chi connectivity index (χ0) is 42.3. The summed E-state index contributed by atoms with van der Waals surface area (Å²) in [4.78, 5) is 0. The lowest BCUT2D eigenvalue weighted by Crippen LogP contribution is -1.96. The molecule has 0 atom stereocenters. The number of furan rings is 1. The third kappa shape index (κ3) is 4.76. The van der Waals surface area contributed by atoms with Crippen molar-refractivity contribution in [2.45, 2.75) is 0 Å². The van der Waals surface area contributed by atoms with E-state index in [1.165, 1.54) is 81.7 Å². The molecule has 0 unspecified atom stereocenters. The van der Waals surface area contributed by atoms with Crippen molar-refractivity contribution in [3.05, 3.63) is 218 Å². The van der Waals surface area contributed by atoms with E-state index >= 15 is 0 Å². The molecule has 15 aromatic rings. The van der Waals surface area contributed by atoms with Crippen molar-refractivity contribution >= 4 is 109 Å². The van der Waals surface area contributed by atoms with Gasteiger partial charge in [0, 0.05) is 76.6 Å². The lowest BCUT2D eigenvalue weighted by Gasteiger charge is -2.11. The first-order valence-corrected chi connectivity index (χ1v) is 22.3. The first-order chi connectivity index (χ1) is 32.2. The number of para-hydroxylation sites is 6. The van der Waals surface area contributed by atoms with Crippen molar-refractivity contribution in [1.82, 2.24) is 18.3 Å². The van der Waals surface area contributed by atoms with E-state index in [-0.39, 0.29) is 0 Å². The molecule has 5 heteroatoms. The Hall–Kier alpha value is -8.80. The molecular weight excluding hydrogens is 793 g/mol. The molecule has 0 aliphatic carbocycles. The first-order valence-electron chi connectivity index (χ1n) is 22.3. The number of rotatable bonds is 4. The van der Waals surface area contributed by atoms with E-state index in [9.17, 15) is 0 Å². The minimum absolute atomic E-state index is 0.897. The Labute approximate surface area is 371 Å². The second-order valence-corrected chi connectivity index (χ2v) is 17.3. The maximum absolute atomic E-state index is 6.24. The molecule has 302 valence electrons. The van der Waals surface area contributed by atoms with Crippen molar-refractivity contribution in [3.8, 4) is 22.7 Å².